The number of amides is 3. The zero-order valence-corrected chi connectivity index (χ0v) is 14.7. The molecule has 140 valence electrons. The van der Waals surface area contributed by atoms with Crippen LogP contribution in [0.3, 0.4) is 0 Å². The second kappa shape index (κ2) is 7.71. The van der Waals surface area contributed by atoms with Crippen molar-refractivity contribution in [1.29, 1.82) is 0 Å². The van der Waals surface area contributed by atoms with Crippen molar-refractivity contribution in [3.63, 3.8) is 0 Å². The molecule has 1 aromatic heterocycles. The number of carbonyl (C=O) groups excluding carboxylic acids is 2. The standard InChI is InChI=1S/C19H21N5O3/c25-17(15-11-20-6-7-21-15)22-10-12-3-1-4-13(9-12)16-14-5-2-8-27-18(14)24-19(26)23-16/h1,3-4,6-7,9,11,14,16,18H,2,5,8,10H2,(H,22,25)(H2,23,24,26)/t14-,16-,18-/m0/s1. The number of benzene rings is 1. The quantitative estimate of drug-likeness (QED) is 0.760. The summed E-state index contributed by atoms with van der Waals surface area (Å²) in [6.45, 7) is 1.04. The minimum Gasteiger partial charge on any atom is -0.358 e. The molecule has 27 heavy (non-hydrogen) atoms. The molecule has 8 nitrogen and oxygen atoms in total. The van der Waals surface area contributed by atoms with Crippen LogP contribution < -0.4 is 16.0 Å². The summed E-state index contributed by atoms with van der Waals surface area (Å²) in [5.41, 5.74) is 2.24. The fourth-order valence-electron chi connectivity index (χ4n) is 3.63. The van der Waals surface area contributed by atoms with Crippen molar-refractivity contribution in [3.8, 4) is 0 Å². The Morgan fingerprint density at radius 3 is 3.07 bits per heavy atom. The predicted octanol–water partition coefficient (Wildman–Crippen LogP) is 1.51. The van der Waals surface area contributed by atoms with E-state index in [2.05, 4.69) is 25.9 Å². The lowest BCUT2D eigenvalue weighted by atomic mass is 9.85. The zero-order valence-electron chi connectivity index (χ0n) is 14.7. The van der Waals surface area contributed by atoms with E-state index < -0.39 is 0 Å². The van der Waals surface area contributed by atoms with Gasteiger partial charge in [-0.25, -0.2) is 9.78 Å². The molecule has 3 amide bonds. The molecular weight excluding hydrogens is 346 g/mol. The van der Waals surface area contributed by atoms with Crippen LogP contribution in [-0.4, -0.2) is 34.7 Å². The Morgan fingerprint density at radius 1 is 1.30 bits per heavy atom. The number of nitrogens with zero attached hydrogens (tertiary/aromatic N) is 2. The molecule has 3 atom stereocenters. The van der Waals surface area contributed by atoms with Crippen molar-refractivity contribution >= 4 is 11.9 Å². The summed E-state index contributed by atoms with van der Waals surface area (Å²) in [4.78, 5) is 32.0. The van der Waals surface area contributed by atoms with Gasteiger partial charge < -0.3 is 20.7 Å². The van der Waals surface area contributed by atoms with Gasteiger partial charge in [-0.2, -0.15) is 0 Å². The van der Waals surface area contributed by atoms with Gasteiger partial charge in [-0.1, -0.05) is 24.3 Å². The minimum absolute atomic E-state index is 0.111. The molecule has 8 heteroatoms. The lowest BCUT2D eigenvalue weighted by molar-refractivity contribution is -0.0602. The van der Waals surface area contributed by atoms with Gasteiger partial charge >= 0.3 is 6.03 Å². The topological polar surface area (TPSA) is 105 Å². The van der Waals surface area contributed by atoms with Gasteiger partial charge in [-0.05, 0) is 24.0 Å². The molecule has 3 heterocycles. The maximum Gasteiger partial charge on any atom is 0.317 e. The van der Waals surface area contributed by atoms with Gasteiger partial charge in [0.05, 0.1) is 12.2 Å². The van der Waals surface area contributed by atoms with E-state index in [4.69, 9.17) is 4.74 Å². The van der Waals surface area contributed by atoms with Crippen LogP contribution in [-0.2, 0) is 11.3 Å². The fourth-order valence-corrected chi connectivity index (χ4v) is 3.63. The van der Waals surface area contributed by atoms with Gasteiger partial charge in [0.2, 0.25) is 0 Å². The monoisotopic (exact) mass is 367 g/mol. The minimum atomic E-state index is -0.274. The SMILES string of the molecule is O=C1N[C@H]2OCCC[C@H]2[C@H](c2cccc(CNC(=O)c3cnccn3)c2)N1. The lowest BCUT2D eigenvalue weighted by Crippen LogP contribution is -2.58. The van der Waals surface area contributed by atoms with Crippen molar-refractivity contribution in [2.45, 2.75) is 31.7 Å². The van der Waals surface area contributed by atoms with E-state index in [0.717, 1.165) is 24.0 Å². The normalized spacial score (nSPS) is 24.3. The molecular formula is C19H21N5O3. The first kappa shape index (κ1) is 17.4. The lowest BCUT2D eigenvalue weighted by Gasteiger charge is -2.42. The number of ether oxygens (including phenoxy) is 1. The smallest absolute Gasteiger partial charge is 0.317 e. The summed E-state index contributed by atoms with van der Waals surface area (Å²) in [6.07, 6.45) is 6.14. The van der Waals surface area contributed by atoms with Gasteiger partial charge in [0.1, 0.15) is 11.9 Å². The number of hydrogen-bond acceptors (Lipinski definition) is 5. The number of nitrogens with one attached hydrogen (secondary N) is 3. The zero-order chi connectivity index (χ0) is 18.6. The van der Waals surface area contributed by atoms with E-state index in [0.29, 0.717) is 13.2 Å². The van der Waals surface area contributed by atoms with Crippen LogP contribution in [0, 0.1) is 5.92 Å². The molecule has 0 aliphatic carbocycles. The molecule has 2 aliphatic rings. The first-order chi connectivity index (χ1) is 13.2. The largest absolute Gasteiger partial charge is 0.358 e. The van der Waals surface area contributed by atoms with Crippen molar-refractivity contribution in [1.82, 2.24) is 25.9 Å². The summed E-state index contributed by atoms with van der Waals surface area (Å²) >= 11 is 0. The summed E-state index contributed by atoms with van der Waals surface area (Å²) in [5, 5.41) is 8.71. The number of hydrogen-bond donors (Lipinski definition) is 3. The Hall–Kier alpha value is -3.00. The van der Waals surface area contributed by atoms with Crippen molar-refractivity contribution in [2.75, 3.05) is 6.61 Å². The third kappa shape index (κ3) is 3.90. The Morgan fingerprint density at radius 2 is 2.22 bits per heavy atom. The van der Waals surface area contributed by atoms with Gasteiger partial charge in [0.25, 0.3) is 5.91 Å². The molecule has 4 rings (SSSR count). The second-order valence-corrected chi connectivity index (χ2v) is 6.71. The van der Waals surface area contributed by atoms with Crippen LogP contribution in [0.1, 0.15) is 40.5 Å². The van der Waals surface area contributed by atoms with Crippen LogP contribution in [0.25, 0.3) is 0 Å². The molecule has 3 N–H and O–H groups in total. The van der Waals surface area contributed by atoms with Crippen LogP contribution >= 0.6 is 0 Å². The highest BCUT2D eigenvalue weighted by Crippen LogP contribution is 2.34. The predicted molar refractivity (Wildman–Crippen MR) is 96.5 cm³/mol. The van der Waals surface area contributed by atoms with Crippen LogP contribution in [0.4, 0.5) is 4.79 Å². The van der Waals surface area contributed by atoms with Crippen LogP contribution in [0.2, 0.25) is 0 Å². The van der Waals surface area contributed by atoms with Gasteiger partial charge in [-0.15, -0.1) is 0 Å². The molecule has 0 spiro atoms. The molecule has 2 fully saturated rings. The number of rotatable bonds is 4. The van der Waals surface area contributed by atoms with Crippen molar-refractivity contribution < 1.29 is 14.3 Å². The van der Waals surface area contributed by atoms with Gasteiger partial charge in [-0.3, -0.25) is 9.78 Å². The molecule has 2 aliphatic heterocycles. The maximum atomic E-state index is 12.1. The highest BCUT2D eigenvalue weighted by atomic mass is 16.5. The first-order valence-corrected chi connectivity index (χ1v) is 9.02. The molecule has 0 bridgehead atoms. The molecule has 2 aromatic rings. The average Bonchev–Trinajstić information content (AvgIpc) is 2.72. The summed E-state index contributed by atoms with van der Waals surface area (Å²) in [7, 11) is 0. The third-order valence-electron chi connectivity index (χ3n) is 4.92. The highest BCUT2D eigenvalue weighted by Gasteiger charge is 2.39. The Bertz CT molecular complexity index is 829. The molecule has 0 saturated carbocycles. The molecule has 1 aromatic carbocycles. The molecule has 0 radical (unpaired) electrons. The average molecular weight is 367 g/mol. The van der Waals surface area contributed by atoms with Gasteiger partial charge in [0.15, 0.2) is 0 Å². The Balaban J connectivity index is 1.47. The van der Waals surface area contributed by atoms with Gasteiger partial charge in [0, 0.05) is 31.5 Å². The fraction of sp³-hybridized carbons (Fsp3) is 0.368. The highest BCUT2D eigenvalue weighted by molar-refractivity contribution is 5.91. The van der Waals surface area contributed by atoms with E-state index in [1.165, 1.54) is 18.6 Å². The number of carbonyl (C=O) groups is 2. The van der Waals surface area contributed by atoms with E-state index in [9.17, 15) is 9.59 Å². The van der Waals surface area contributed by atoms with Crippen molar-refractivity contribution in [3.05, 3.63) is 59.7 Å². The number of fused-ring (bicyclic) bond motifs is 1. The van der Waals surface area contributed by atoms with E-state index in [-0.39, 0.29) is 35.8 Å². The van der Waals surface area contributed by atoms with Crippen LogP contribution in [0.5, 0.6) is 0 Å². The summed E-state index contributed by atoms with van der Waals surface area (Å²) in [6, 6.07) is 7.56. The summed E-state index contributed by atoms with van der Waals surface area (Å²) in [5.74, 6) is -0.0923. The molecule has 0 unspecified atom stereocenters. The van der Waals surface area contributed by atoms with E-state index in [1.54, 1.807) is 0 Å². The first-order valence-electron chi connectivity index (χ1n) is 9.02. The van der Waals surface area contributed by atoms with E-state index in [1.807, 2.05) is 24.3 Å². The maximum absolute atomic E-state index is 12.1. The number of aromatic nitrogens is 2. The van der Waals surface area contributed by atoms with E-state index >= 15 is 0 Å². The Kier molecular flexibility index (Phi) is 4.97. The molecule has 2 saturated heterocycles. The van der Waals surface area contributed by atoms with Crippen LogP contribution in [0.15, 0.2) is 42.9 Å². The summed E-state index contributed by atoms with van der Waals surface area (Å²) < 4.78 is 5.72. The number of urea groups is 1. The third-order valence-corrected chi connectivity index (χ3v) is 4.92. The van der Waals surface area contributed by atoms with Crippen molar-refractivity contribution in [2.24, 2.45) is 5.92 Å². The Labute approximate surface area is 156 Å². The second-order valence-electron chi connectivity index (χ2n) is 6.71.